The number of halogens is 1. The Morgan fingerprint density at radius 3 is 2.70 bits per heavy atom. The smallest absolute Gasteiger partial charge is 0.191 e. The molecule has 2 N–H and O–H groups in total. The van der Waals surface area contributed by atoms with Crippen LogP contribution in [-0.2, 0) is 13.1 Å². The van der Waals surface area contributed by atoms with Crippen LogP contribution in [-0.4, -0.2) is 34.3 Å². The van der Waals surface area contributed by atoms with E-state index in [4.69, 9.17) is 0 Å². The van der Waals surface area contributed by atoms with Gasteiger partial charge in [-0.2, -0.15) is 5.10 Å². The molecule has 0 aliphatic carbocycles. The average molecular weight is 478 g/mol. The van der Waals surface area contributed by atoms with Gasteiger partial charge in [0.2, 0.25) is 0 Å². The van der Waals surface area contributed by atoms with Crippen molar-refractivity contribution in [1.82, 2.24) is 25.4 Å². The van der Waals surface area contributed by atoms with Crippen molar-refractivity contribution < 1.29 is 0 Å². The normalized spacial score (nSPS) is 11.3. The molecule has 0 aliphatic rings. The van der Waals surface area contributed by atoms with Crippen molar-refractivity contribution in [1.29, 1.82) is 0 Å². The van der Waals surface area contributed by atoms with Gasteiger partial charge in [0, 0.05) is 44.0 Å². The third-order valence-electron chi connectivity index (χ3n) is 4.35. The van der Waals surface area contributed by atoms with Gasteiger partial charge in [0.05, 0.1) is 11.2 Å². The van der Waals surface area contributed by atoms with Gasteiger partial charge in [-0.1, -0.05) is 18.2 Å². The number of hydrogen-bond acceptors (Lipinski definition) is 3. The highest BCUT2D eigenvalue weighted by Crippen LogP contribution is 2.15. The van der Waals surface area contributed by atoms with E-state index in [9.17, 15) is 0 Å². The minimum Gasteiger partial charge on any atom is -0.356 e. The SMILES string of the molecule is CN=C(NCCCn1nc(C)cc1C)NCc1ccnc2ccccc12.I. The summed E-state index contributed by atoms with van der Waals surface area (Å²) in [5.74, 6) is 0.805. The first-order chi connectivity index (χ1) is 12.7. The maximum atomic E-state index is 4.49. The molecule has 3 rings (SSSR count). The largest absolute Gasteiger partial charge is 0.356 e. The van der Waals surface area contributed by atoms with Crippen molar-refractivity contribution in [2.75, 3.05) is 13.6 Å². The number of rotatable bonds is 6. The van der Waals surface area contributed by atoms with Crippen LogP contribution in [0.15, 0.2) is 47.6 Å². The van der Waals surface area contributed by atoms with Crippen LogP contribution >= 0.6 is 24.0 Å². The van der Waals surface area contributed by atoms with Crippen molar-refractivity contribution in [2.24, 2.45) is 4.99 Å². The highest BCUT2D eigenvalue weighted by atomic mass is 127. The summed E-state index contributed by atoms with van der Waals surface area (Å²) in [6, 6.07) is 12.3. The highest BCUT2D eigenvalue weighted by molar-refractivity contribution is 14.0. The molecule has 0 radical (unpaired) electrons. The lowest BCUT2D eigenvalue weighted by molar-refractivity contribution is 0.555. The summed E-state index contributed by atoms with van der Waals surface area (Å²) >= 11 is 0. The molecule has 0 aliphatic heterocycles. The van der Waals surface area contributed by atoms with Gasteiger partial charge in [0.15, 0.2) is 5.96 Å². The molecule has 144 valence electrons. The number of hydrogen-bond donors (Lipinski definition) is 2. The van der Waals surface area contributed by atoms with Gasteiger partial charge < -0.3 is 10.6 Å². The predicted molar refractivity (Wildman–Crippen MR) is 122 cm³/mol. The van der Waals surface area contributed by atoms with Crippen LogP contribution in [0.5, 0.6) is 0 Å². The molecule has 0 bridgehead atoms. The molecule has 2 aromatic heterocycles. The molecule has 2 heterocycles. The second-order valence-electron chi connectivity index (χ2n) is 6.34. The quantitative estimate of drug-likeness (QED) is 0.247. The van der Waals surface area contributed by atoms with Gasteiger partial charge in [-0.3, -0.25) is 14.7 Å². The predicted octanol–water partition coefficient (Wildman–Crippen LogP) is 3.42. The lowest BCUT2D eigenvalue weighted by Crippen LogP contribution is -2.37. The molecule has 0 amide bonds. The van der Waals surface area contributed by atoms with Crippen LogP contribution in [0, 0.1) is 13.8 Å². The van der Waals surface area contributed by atoms with E-state index in [2.05, 4.69) is 49.4 Å². The molecule has 0 fully saturated rings. The lowest BCUT2D eigenvalue weighted by Gasteiger charge is -2.13. The number of fused-ring (bicyclic) bond motifs is 1. The van der Waals surface area contributed by atoms with E-state index in [0.29, 0.717) is 6.54 Å². The standard InChI is InChI=1S/C20H26N6.HI/c1-15-13-16(2)26(25-15)12-6-10-23-20(21-3)24-14-17-9-11-22-19-8-5-4-7-18(17)19;/h4-5,7-9,11,13H,6,10,12,14H2,1-3H3,(H2,21,23,24);1H. The maximum absolute atomic E-state index is 4.49. The number of benzene rings is 1. The van der Waals surface area contributed by atoms with E-state index in [0.717, 1.165) is 36.7 Å². The molecular weight excluding hydrogens is 451 g/mol. The van der Waals surface area contributed by atoms with Gasteiger partial charge in [-0.05, 0) is 44.0 Å². The fraction of sp³-hybridized carbons (Fsp3) is 0.350. The molecule has 0 spiro atoms. The van der Waals surface area contributed by atoms with E-state index in [1.165, 1.54) is 16.6 Å². The molecule has 0 saturated carbocycles. The number of pyridine rings is 1. The number of guanidine groups is 1. The zero-order valence-electron chi connectivity index (χ0n) is 16.1. The van der Waals surface area contributed by atoms with Crippen molar-refractivity contribution in [3.05, 3.63) is 59.5 Å². The Morgan fingerprint density at radius 1 is 1.15 bits per heavy atom. The topological polar surface area (TPSA) is 67.1 Å². The highest BCUT2D eigenvalue weighted by Gasteiger charge is 2.04. The second-order valence-corrected chi connectivity index (χ2v) is 6.34. The molecule has 3 aromatic rings. The second kappa shape index (κ2) is 10.2. The van der Waals surface area contributed by atoms with Crippen LogP contribution in [0.4, 0.5) is 0 Å². The molecule has 27 heavy (non-hydrogen) atoms. The number of aryl methyl sites for hydroxylation is 3. The Kier molecular flexibility index (Phi) is 8.02. The lowest BCUT2D eigenvalue weighted by atomic mass is 10.1. The number of nitrogens with one attached hydrogen (secondary N) is 2. The molecule has 6 nitrogen and oxygen atoms in total. The molecule has 1 aromatic carbocycles. The summed E-state index contributed by atoms with van der Waals surface area (Å²) in [6.07, 6.45) is 2.84. The van der Waals surface area contributed by atoms with Gasteiger partial charge in [-0.15, -0.1) is 24.0 Å². The van der Waals surface area contributed by atoms with Gasteiger partial charge in [-0.25, -0.2) is 0 Å². The molecular formula is C20H27IN6. The minimum absolute atomic E-state index is 0. The third kappa shape index (κ3) is 5.66. The van der Waals surface area contributed by atoms with E-state index < -0.39 is 0 Å². The van der Waals surface area contributed by atoms with Crippen molar-refractivity contribution in [3.63, 3.8) is 0 Å². The van der Waals surface area contributed by atoms with Crippen LogP contribution in [0.3, 0.4) is 0 Å². The van der Waals surface area contributed by atoms with Gasteiger partial charge in [0.25, 0.3) is 0 Å². The van der Waals surface area contributed by atoms with E-state index in [1.54, 1.807) is 7.05 Å². The van der Waals surface area contributed by atoms with Crippen LogP contribution < -0.4 is 10.6 Å². The summed E-state index contributed by atoms with van der Waals surface area (Å²) in [6.45, 7) is 6.57. The van der Waals surface area contributed by atoms with E-state index in [-0.39, 0.29) is 24.0 Å². The summed E-state index contributed by atoms with van der Waals surface area (Å²) < 4.78 is 2.05. The molecule has 0 unspecified atom stereocenters. The Balaban J connectivity index is 0.00000261. The van der Waals surface area contributed by atoms with Gasteiger partial charge in [0.1, 0.15) is 0 Å². The summed E-state index contributed by atoms with van der Waals surface area (Å²) in [5.41, 5.74) is 4.49. The fourth-order valence-electron chi connectivity index (χ4n) is 3.05. The summed E-state index contributed by atoms with van der Waals surface area (Å²) in [4.78, 5) is 8.71. The summed E-state index contributed by atoms with van der Waals surface area (Å²) in [5, 5.41) is 12.4. The first-order valence-electron chi connectivity index (χ1n) is 8.95. The Labute approximate surface area is 177 Å². The molecule has 0 atom stereocenters. The average Bonchev–Trinajstić information content (AvgIpc) is 2.98. The zero-order chi connectivity index (χ0) is 18.4. The van der Waals surface area contributed by atoms with Crippen molar-refractivity contribution in [2.45, 2.75) is 33.4 Å². The number of aromatic nitrogens is 3. The fourth-order valence-corrected chi connectivity index (χ4v) is 3.05. The monoisotopic (exact) mass is 478 g/mol. The first kappa shape index (κ1) is 21.1. The van der Waals surface area contributed by atoms with Crippen LogP contribution in [0.25, 0.3) is 10.9 Å². The molecule has 7 heteroatoms. The zero-order valence-corrected chi connectivity index (χ0v) is 18.4. The minimum atomic E-state index is 0. The van der Waals surface area contributed by atoms with Crippen LogP contribution in [0.2, 0.25) is 0 Å². The van der Waals surface area contributed by atoms with E-state index >= 15 is 0 Å². The maximum Gasteiger partial charge on any atom is 0.191 e. The Hall–Kier alpha value is -2.16. The number of nitrogens with zero attached hydrogens (tertiary/aromatic N) is 4. The number of para-hydroxylation sites is 1. The van der Waals surface area contributed by atoms with Crippen LogP contribution in [0.1, 0.15) is 23.4 Å². The van der Waals surface area contributed by atoms with Crippen molar-refractivity contribution >= 4 is 40.8 Å². The van der Waals surface area contributed by atoms with Crippen molar-refractivity contribution in [3.8, 4) is 0 Å². The summed E-state index contributed by atoms with van der Waals surface area (Å²) in [7, 11) is 1.79. The van der Waals surface area contributed by atoms with Gasteiger partial charge >= 0.3 is 0 Å². The first-order valence-corrected chi connectivity index (χ1v) is 8.95. The Bertz CT molecular complexity index is 897. The third-order valence-corrected chi connectivity index (χ3v) is 4.35. The Morgan fingerprint density at radius 2 is 1.96 bits per heavy atom. The number of aliphatic imine (C=N–C) groups is 1. The van der Waals surface area contributed by atoms with E-state index in [1.807, 2.05) is 37.4 Å². The molecule has 0 saturated heterocycles.